The van der Waals surface area contributed by atoms with Crippen molar-refractivity contribution in [1.82, 2.24) is 3.57 Å². The Morgan fingerprint density at radius 3 is 3.06 bits per heavy atom. The summed E-state index contributed by atoms with van der Waals surface area (Å²) in [5, 5.41) is 3.24. The van der Waals surface area contributed by atoms with Gasteiger partial charge in [-0.1, -0.05) is 0 Å². The SMILES string of the molecule is Clc1ccc2cccc3c2c1C1=C3O[Te]N1. The summed E-state index contributed by atoms with van der Waals surface area (Å²) in [6, 6.07) is 10.3. The average molecular weight is 343 g/mol. The third kappa shape index (κ3) is 0.990. The number of benzene rings is 2. The van der Waals surface area contributed by atoms with Crippen LogP contribution in [0, 0.1) is 0 Å². The van der Waals surface area contributed by atoms with Crippen molar-refractivity contribution in [3.05, 3.63) is 46.5 Å². The Bertz CT molecular complexity index is 665. The van der Waals surface area contributed by atoms with Gasteiger partial charge in [0.2, 0.25) is 0 Å². The molecule has 1 heterocycles. The van der Waals surface area contributed by atoms with Gasteiger partial charge in [-0.05, 0) is 0 Å². The molecular formula is C12H6ClNOTe. The molecule has 1 aliphatic heterocycles. The predicted octanol–water partition coefficient (Wildman–Crippen LogP) is 2.79. The fourth-order valence-electron chi connectivity index (χ4n) is 2.32. The first-order valence-corrected chi connectivity index (χ1v) is 7.41. The van der Waals surface area contributed by atoms with Gasteiger partial charge in [0, 0.05) is 0 Å². The minimum atomic E-state index is -0.569. The van der Waals surface area contributed by atoms with Crippen molar-refractivity contribution in [3.8, 4) is 0 Å². The van der Waals surface area contributed by atoms with Crippen molar-refractivity contribution in [2.45, 2.75) is 0 Å². The summed E-state index contributed by atoms with van der Waals surface area (Å²) in [5.41, 5.74) is 3.40. The fraction of sp³-hybridized carbons (Fsp3) is 0. The van der Waals surface area contributed by atoms with Gasteiger partial charge in [-0.25, -0.2) is 0 Å². The molecule has 0 bridgehead atoms. The van der Waals surface area contributed by atoms with Crippen molar-refractivity contribution in [2.24, 2.45) is 0 Å². The van der Waals surface area contributed by atoms with Crippen LogP contribution >= 0.6 is 11.6 Å². The molecule has 0 saturated heterocycles. The molecule has 2 aromatic carbocycles. The van der Waals surface area contributed by atoms with E-state index >= 15 is 0 Å². The maximum absolute atomic E-state index is 6.29. The van der Waals surface area contributed by atoms with E-state index in [-0.39, 0.29) is 0 Å². The summed E-state index contributed by atoms with van der Waals surface area (Å²) in [7, 11) is 0. The molecule has 0 unspecified atom stereocenters. The zero-order chi connectivity index (χ0) is 10.7. The van der Waals surface area contributed by atoms with Gasteiger partial charge in [0.1, 0.15) is 0 Å². The third-order valence-electron chi connectivity index (χ3n) is 2.99. The standard InChI is InChI=1S/C12H6ClNOTe/c13-8-5-4-6-2-1-3-7-9(6)10(8)11-12(7)15-16-14-11/h1-5,14H. The normalized spacial score (nSPS) is 16.3. The number of hydrogen-bond acceptors (Lipinski definition) is 2. The molecule has 1 N–H and O–H groups in total. The minimum absolute atomic E-state index is 0.569. The topological polar surface area (TPSA) is 21.3 Å². The van der Waals surface area contributed by atoms with Crippen molar-refractivity contribution in [1.29, 1.82) is 0 Å². The van der Waals surface area contributed by atoms with Gasteiger partial charge in [0.25, 0.3) is 0 Å². The predicted molar refractivity (Wildman–Crippen MR) is 65.7 cm³/mol. The van der Waals surface area contributed by atoms with Gasteiger partial charge in [-0.15, -0.1) is 0 Å². The Morgan fingerprint density at radius 1 is 1.19 bits per heavy atom. The van der Waals surface area contributed by atoms with Crippen molar-refractivity contribution in [3.63, 3.8) is 0 Å². The van der Waals surface area contributed by atoms with Gasteiger partial charge in [-0.2, -0.15) is 0 Å². The van der Waals surface area contributed by atoms with Gasteiger partial charge < -0.3 is 0 Å². The second kappa shape index (κ2) is 3.07. The quantitative estimate of drug-likeness (QED) is 0.743. The van der Waals surface area contributed by atoms with Crippen molar-refractivity contribution in [2.75, 3.05) is 0 Å². The van der Waals surface area contributed by atoms with Crippen LogP contribution in [-0.2, 0) is 3.10 Å². The Labute approximate surface area is 108 Å². The van der Waals surface area contributed by atoms with Crippen LogP contribution in [0.2, 0.25) is 5.02 Å². The summed E-state index contributed by atoms with van der Waals surface area (Å²) < 4.78 is 9.11. The molecule has 16 heavy (non-hydrogen) atoms. The van der Waals surface area contributed by atoms with Crippen LogP contribution in [0.15, 0.2) is 30.3 Å². The van der Waals surface area contributed by atoms with E-state index in [2.05, 4.69) is 27.8 Å². The van der Waals surface area contributed by atoms with Crippen LogP contribution in [0.4, 0.5) is 0 Å². The molecule has 0 aromatic heterocycles. The monoisotopic (exact) mass is 345 g/mol. The molecule has 0 atom stereocenters. The number of hydrogen-bond donors (Lipinski definition) is 1. The van der Waals surface area contributed by atoms with E-state index in [0.717, 1.165) is 22.0 Å². The van der Waals surface area contributed by atoms with E-state index in [1.165, 1.54) is 16.3 Å². The molecule has 4 rings (SSSR count). The maximum atomic E-state index is 6.29. The molecule has 0 spiro atoms. The summed E-state index contributed by atoms with van der Waals surface area (Å²) in [5.74, 6) is 0.996. The Morgan fingerprint density at radius 2 is 2.12 bits per heavy atom. The summed E-state index contributed by atoms with van der Waals surface area (Å²) >= 11 is 5.72. The first-order chi connectivity index (χ1) is 7.86. The summed E-state index contributed by atoms with van der Waals surface area (Å²) in [4.78, 5) is 0. The molecule has 0 amide bonds. The number of rotatable bonds is 0. The molecule has 2 nitrogen and oxygen atoms in total. The zero-order valence-corrected chi connectivity index (χ0v) is 11.2. The molecule has 0 fully saturated rings. The van der Waals surface area contributed by atoms with Crippen LogP contribution in [0.1, 0.15) is 11.1 Å². The Kier molecular flexibility index (Phi) is 1.76. The fourth-order valence-corrected chi connectivity index (χ4v) is 4.22. The van der Waals surface area contributed by atoms with Gasteiger partial charge in [0.15, 0.2) is 0 Å². The molecular weight excluding hydrogens is 337 g/mol. The van der Waals surface area contributed by atoms with Crippen molar-refractivity contribution < 1.29 is 3.10 Å². The molecule has 78 valence electrons. The molecule has 0 radical (unpaired) electrons. The van der Waals surface area contributed by atoms with E-state index < -0.39 is 21.6 Å². The molecule has 1 aliphatic carbocycles. The third-order valence-corrected chi connectivity index (χ3v) is 4.83. The van der Waals surface area contributed by atoms with Crippen LogP contribution in [-0.4, -0.2) is 21.6 Å². The number of fused-ring (bicyclic) bond motifs is 2. The van der Waals surface area contributed by atoms with E-state index in [0.29, 0.717) is 0 Å². The number of nitrogens with one attached hydrogen (secondary N) is 1. The van der Waals surface area contributed by atoms with Gasteiger partial charge >= 0.3 is 109 Å². The van der Waals surface area contributed by atoms with E-state index in [1.807, 2.05) is 6.07 Å². The second-order valence-corrected chi connectivity index (χ2v) is 5.74. The van der Waals surface area contributed by atoms with Gasteiger partial charge in [0.05, 0.1) is 0 Å². The van der Waals surface area contributed by atoms with Crippen LogP contribution in [0.3, 0.4) is 0 Å². The molecule has 2 aromatic rings. The van der Waals surface area contributed by atoms with Crippen molar-refractivity contribution >= 4 is 55.4 Å². The average Bonchev–Trinajstić information content (AvgIpc) is 2.86. The van der Waals surface area contributed by atoms with E-state index in [9.17, 15) is 0 Å². The van der Waals surface area contributed by atoms with E-state index in [1.54, 1.807) is 0 Å². The Hall–Kier alpha value is -0.880. The van der Waals surface area contributed by atoms with Crippen LogP contribution in [0.5, 0.6) is 0 Å². The zero-order valence-electron chi connectivity index (χ0n) is 8.08. The number of halogens is 1. The molecule has 4 heteroatoms. The first kappa shape index (κ1) is 9.18. The summed E-state index contributed by atoms with van der Waals surface area (Å²) in [6.45, 7) is 0. The second-order valence-electron chi connectivity index (χ2n) is 3.80. The van der Waals surface area contributed by atoms with Crippen LogP contribution in [0.25, 0.3) is 22.2 Å². The van der Waals surface area contributed by atoms with Crippen LogP contribution < -0.4 is 3.57 Å². The molecule has 0 saturated carbocycles. The Balaban J connectivity index is 2.24. The van der Waals surface area contributed by atoms with E-state index in [4.69, 9.17) is 14.7 Å². The first-order valence-electron chi connectivity index (χ1n) is 4.92. The van der Waals surface area contributed by atoms with Gasteiger partial charge in [-0.3, -0.25) is 0 Å². The summed E-state index contributed by atoms with van der Waals surface area (Å²) in [6.07, 6.45) is 0. The molecule has 2 aliphatic rings.